The van der Waals surface area contributed by atoms with Gasteiger partial charge in [0.2, 0.25) is 0 Å². The second-order valence-corrected chi connectivity index (χ2v) is 10.8. The number of ether oxygens (including phenoxy) is 1. The molecule has 1 saturated heterocycles. The minimum absolute atomic E-state index is 0.0497. The Labute approximate surface area is 168 Å². The summed E-state index contributed by atoms with van der Waals surface area (Å²) in [6.07, 6.45) is 0.120. The maximum Gasteiger partial charge on any atom is 0.490 e. The zero-order valence-corrected chi connectivity index (χ0v) is 17.9. The van der Waals surface area contributed by atoms with Crippen molar-refractivity contribution < 1.29 is 55.5 Å². The molecule has 15 nitrogen and oxygen atoms in total. The number of anilines is 1. The van der Waals surface area contributed by atoms with Gasteiger partial charge in [-0.1, -0.05) is 6.92 Å². The first-order chi connectivity index (χ1) is 13.6. The number of nitrogens with zero attached hydrogens (tertiary/aromatic N) is 2. The number of nitrogens with two attached hydrogens (primary N) is 1. The van der Waals surface area contributed by atoms with Gasteiger partial charge in [-0.05, 0) is 12.5 Å². The zero-order chi connectivity index (χ0) is 23.0. The Kier molecular flexibility index (Phi) is 7.44. The van der Waals surface area contributed by atoms with Gasteiger partial charge in [0.15, 0.2) is 0 Å². The maximum absolute atomic E-state index is 13.7. The van der Waals surface area contributed by atoms with Crippen molar-refractivity contribution in [3.8, 4) is 0 Å². The van der Waals surface area contributed by atoms with Gasteiger partial charge in [0.05, 0.1) is 6.61 Å². The highest BCUT2D eigenvalue weighted by atomic mass is 31.3. The van der Waals surface area contributed by atoms with Gasteiger partial charge in [-0.15, -0.1) is 0 Å². The lowest BCUT2D eigenvalue weighted by atomic mass is 9.96. The minimum Gasteiger partial charge on any atom is -0.383 e. The molecule has 0 aromatic carbocycles. The third kappa shape index (κ3) is 6.74. The molecule has 2 unspecified atom stereocenters. The molecule has 0 radical (unpaired) electrons. The largest absolute Gasteiger partial charge is 0.490 e. The van der Waals surface area contributed by atoms with Gasteiger partial charge >= 0.3 is 29.2 Å². The highest BCUT2D eigenvalue weighted by molar-refractivity contribution is 7.66. The van der Waals surface area contributed by atoms with Crippen molar-refractivity contribution in [1.82, 2.24) is 9.55 Å². The van der Waals surface area contributed by atoms with Crippen molar-refractivity contribution in [2.75, 3.05) is 19.0 Å². The quantitative estimate of drug-likeness (QED) is 0.291. The van der Waals surface area contributed by atoms with Gasteiger partial charge in [0.1, 0.15) is 24.3 Å². The van der Waals surface area contributed by atoms with Crippen LogP contribution >= 0.6 is 23.5 Å². The van der Waals surface area contributed by atoms with Crippen LogP contribution in [-0.2, 0) is 31.6 Å². The molecule has 0 amide bonds. The van der Waals surface area contributed by atoms with Crippen LogP contribution in [0, 0.1) is 5.92 Å². The van der Waals surface area contributed by atoms with Crippen LogP contribution in [0.2, 0.25) is 0 Å². The van der Waals surface area contributed by atoms with Gasteiger partial charge in [-0.25, -0.2) is 22.9 Å². The van der Waals surface area contributed by atoms with Crippen molar-refractivity contribution in [2.45, 2.75) is 25.2 Å². The number of phosphoric ester groups is 1. The second-order valence-electron chi connectivity index (χ2n) is 6.41. The SMILES string of the molecule is C[C@H]1C[C@@](CF)(COP(=O)(O)OP(=O)(O)OP(=O)(O)O)O[C@H]1n1ccc(N)nc1=O. The Morgan fingerprint density at radius 2 is 1.93 bits per heavy atom. The summed E-state index contributed by atoms with van der Waals surface area (Å²) >= 11 is 0. The molecule has 172 valence electrons. The van der Waals surface area contributed by atoms with Gasteiger partial charge in [-0.2, -0.15) is 13.6 Å². The maximum atomic E-state index is 13.7. The molecule has 30 heavy (non-hydrogen) atoms. The van der Waals surface area contributed by atoms with Crippen molar-refractivity contribution in [2.24, 2.45) is 5.92 Å². The highest BCUT2D eigenvalue weighted by Gasteiger charge is 2.49. The van der Waals surface area contributed by atoms with Crippen LogP contribution in [-0.4, -0.2) is 48.0 Å². The van der Waals surface area contributed by atoms with E-state index >= 15 is 0 Å². The molecule has 0 aliphatic carbocycles. The van der Waals surface area contributed by atoms with Crippen LogP contribution < -0.4 is 11.4 Å². The molecule has 0 bridgehead atoms. The predicted molar refractivity (Wildman–Crippen MR) is 95.3 cm³/mol. The summed E-state index contributed by atoms with van der Waals surface area (Å²) in [5, 5.41) is 0. The first-order valence-electron chi connectivity index (χ1n) is 7.94. The van der Waals surface area contributed by atoms with Crippen molar-refractivity contribution >= 4 is 29.3 Å². The summed E-state index contributed by atoms with van der Waals surface area (Å²) < 4.78 is 65.7. The molecule has 6 N–H and O–H groups in total. The van der Waals surface area contributed by atoms with Crippen LogP contribution in [0.3, 0.4) is 0 Å². The van der Waals surface area contributed by atoms with Gasteiger partial charge in [0, 0.05) is 12.1 Å². The fourth-order valence-electron chi connectivity index (χ4n) is 2.78. The average Bonchev–Trinajstić information content (AvgIpc) is 2.87. The third-order valence-corrected chi connectivity index (χ3v) is 7.61. The van der Waals surface area contributed by atoms with E-state index in [2.05, 4.69) is 18.1 Å². The molecular weight excluding hydrogens is 478 g/mol. The molecule has 5 atom stereocenters. The first-order valence-corrected chi connectivity index (χ1v) is 12.5. The van der Waals surface area contributed by atoms with Crippen molar-refractivity contribution in [3.05, 3.63) is 22.7 Å². The Hall–Kier alpha value is -1.02. The van der Waals surface area contributed by atoms with E-state index < -0.39 is 60.2 Å². The third-order valence-electron chi connectivity index (χ3n) is 3.83. The summed E-state index contributed by atoms with van der Waals surface area (Å²) in [6.45, 7) is -0.637. The van der Waals surface area contributed by atoms with Crippen molar-refractivity contribution in [1.29, 1.82) is 0 Å². The summed E-state index contributed by atoms with van der Waals surface area (Å²) in [4.78, 5) is 51.2. The van der Waals surface area contributed by atoms with E-state index in [0.29, 0.717) is 0 Å². The van der Waals surface area contributed by atoms with E-state index in [1.165, 1.54) is 12.3 Å². The second kappa shape index (κ2) is 8.85. The van der Waals surface area contributed by atoms with Crippen LogP contribution in [0.5, 0.6) is 0 Å². The molecule has 1 aliphatic rings. The number of phosphoric acid groups is 3. The fourth-order valence-corrected chi connectivity index (χ4v) is 5.87. The predicted octanol–water partition coefficient (Wildman–Crippen LogP) is 0.432. The van der Waals surface area contributed by atoms with Gasteiger partial charge in [0.25, 0.3) is 0 Å². The van der Waals surface area contributed by atoms with Crippen LogP contribution in [0.4, 0.5) is 10.2 Å². The van der Waals surface area contributed by atoms with Crippen LogP contribution in [0.1, 0.15) is 19.6 Å². The Morgan fingerprint density at radius 3 is 2.47 bits per heavy atom. The van der Waals surface area contributed by atoms with Crippen LogP contribution in [0.15, 0.2) is 17.1 Å². The Bertz CT molecular complexity index is 984. The lowest BCUT2D eigenvalue weighted by molar-refractivity contribution is -0.111. The topological polar surface area (TPSA) is 230 Å². The number of rotatable bonds is 9. The number of aromatic nitrogens is 2. The van der Waals surface area contributed by atoms with Crippen LogP contribution in [0.25, 0.3) is 0 Å². The molecule has 1 fully saturated rings. The van der Waals surface area contributed by atoms with E-state index in [-0.39, 0.29) is 12.2 Å². The zero-order valence-electron chi connectivity index (χ0n) is 15.2. The summed E-state index contributed by atoms with van der Waals surface area (Å²) in [5.41, 5.74) is 2.77. The number of hydrogen-bond acceptors (Lipinski definition) is 10. The lowest BCUT2D eigenvalue weighted by Gasteiger charge is -2.27. The number of nitrogen functional groups attached to an aromatic ring is 1. The molecule has 0 saturated carbocycles. The summed E-state index contributed by atoms with van der Waals surface area (Å²) in [7, 11) is -16.7. The van der Waals surface area contributed by atoms with E-state index in [9.17, 15) is 27.8 Å². The van der Waals surface area contributed by atoms with E-state index in [1.807, 2.05) is 0 Å². The van der Waals surface area contributed by atoms with E-state index in [1.54, 1.807) is 6.92 Å². The molecule has 2 heterocycles. The Morgan fingerprint density at radius 1 is 1.30 bits per heavy atom. The summed E-state index contributed by atoms with van der Waals surface area (Å²) in [6, 6.07) is 1.30. The lowest BCUT2D eigenvalue weighted by Crippen LogP contribution is -2.38. The molecule has 1 aromatic heterocycles. The Balaban J connectivity index is 2.12. The molecule has 1 aromatic rings. The average molecular weight is 497 g/mol. The highest BCUT2D eigenvalue weighted by Crippen LogP contribution is 2.66. The minimum atomic E-state index is -5.71. The van der Waals surface area contributed by atoms with E-state index in [4.69, 9.17) is 25.2 Å². The molecule has 1 aliphatic heterocycles. The van der Waals surface area contributed by atoms with Crippen molar-refractivity contribution in [3.63, 3.8) is 0 Å². The molecule has 19 heteroatoms. The standard InChI is InChI=1S/C11H19FN3O12P3/c1-7-4-11(5-12,25-9(7)15-3-2-8(13)14-10(15)16)6-24-29(20,21)27-30(22,23)26-28(17,18)19/h2-3,7,9H,4-6H2,1H3,(H,20,21)(H,22,23)(H2,13,14,16)(H2,17,18,19)/t7-,9+,11+/m0/s1. The molecule has 2 rings (SSSR count). The molecular formula is C11H19FN3O12P3. The number of hydrogen-bond donors (Lipinski definition) is 5. The number of halogens is 1. The van der Waals surface area contributed by atoms with Gasteiger partial charge < -0.3 is 30.0 Å². The molecule has 0 spiro atoms. The summed E-state index contributed by atoms with van der Waals surface area (Å²) in [5.74, 6) is -0.556. The monoisotopic (exact) mass is 497 g/mol. The normalized spacial score (nSPS) is 28.7. The first kappa shape index (κ1) is 25.2. The van der Waals surface area contributed by atoms with Gasteiger partial charge in [-0.3, -0.25) is 9.09 Å². The number of alkyl halides is 1. The smallest absolute Gasteiger partial charge is 0.383 e. The fraction of sp³-hybridized carbons (Fsp3) is 0.636. The van der Waals surface area contributed by atoms with E-state index in [0.717, 1.165) is 4.57 Å².